The molecule has 3 heterocycles. The van der Waals surface area contributed by atoms with Crippen LogP contribution in [0.5, 0.6) is 5.75 Å². The first-order valence-corrected chi connectivity index (χ1v) is 10.1. The van der Waals surface area contributed by atoms with E-state index in [1.807, 2.05) is 0 Å². The van der Waals surface area contributed by atoms with E-state index in [9.17, 15) is 0 Å². The topological polar surface area (TPSA) is 17.4 Å². The van der Waals surface area contributed by atoms with Crippen molar-refractivity contribution in [2.45, 2.75) is 51.2 Å². The van der Waals surface area contributed by atoms with Crippen LogP contribution >= 0.6 is 0 Å². The van der Waals surface area contributed by atoms with E-state index in [1.165, 1.54) is 41.3 Å². The second kappa shape index (κ2) is 6.42. The first kappa shape index (κ1) is 16.9. The van der Waals surface area contributed by atoms with Crippen molar-refractivity contribution in [3.8, 4) is 5.75 Å². The van der Waals surface area contributed by atoms with Gasteiger partial charge in [0.25, 0.3) is 0 Å². The first-order valence-electron chi connectivity index (χ1n) is 10.1. The molecule has 27 heavy (non-hydrogen) atoms. The summed E-state index contributed by atoms with van der Waals surface area (Å²) in [5, 5.41) is 1.48. The van der Waals surface area contributed by atoms with Gasteiger partial charge in [0.05, 0.1) is 7.11 Å². The van der Waals surface area contributed by atoms with Gasteiger partial charge in [0.1, 0.15) is 5.75 Å². The summed E-state index contributed by atoms with van der Waals surface area (Å²) in [4.78, 5) is 2.62. The predicted octanol–water partition coefficient (Wildman–Crippen LogP) is 4.89. The Morgan fingerprint density at radius 2 is 1.89 bits per heavy atom. The highest BCUT2D eigenvalue weighted by Crippen LogP contribution is 2.46. The highest BCUT2D eigenvalue weighted by atomic mass is 16.5. The fourth-order valence-electron chi connectivity index (χ4n) is 5.26. The van der Waals surface area contributed by atoms with Gasteiger partial charge in [0.15, 0.2) is 0 Å². The number of hydrogen-bond acceptors (Lipinski definition) is 2. The monoisotopic (exact) mass is 360 g/mol. The van der Waals surface area contributed by atoms with Crippen LogP contribution in [-0.2, 0) is 19.4 Å². The minimum atomic E-state index is 0.602. The van der Waals surface area contributed by atoms with Crippen molar-refractivity contribution in [2.24, 2.45) is 0 Å². The molecule has 2 bridgehead atoms. The summed E-state index contributed by atoms with van der Waals surface area (Å²) in [6.45, 7) is 3.26. The standard InChI is InChI=1S/C24H28N2O/c1-16-4-10-21-20(14-16)24-22-11-7-18(25(22)2)15-23(24)26(21)13-12-17-5-8-19(27-3)9-6-17/h4-6,8-10,14,18,22H,7,11-13,15H2,1-3H3. The third-order valence-corrected chi connectivity index (χ3v) is 6.76. The van der Waals surface area contributed by atoms with E-state index in [1.54, 1.807) is 18.4 Å². The van der Waals surface area contributed by atoms with Gasteiger partial charge in [-0.05, 0) is 68.6 Å². The summed E-state index contributed by atoms with van der Waals surface area (Å²) in [6, 6.07) is 16.8. The van der Waals surface area contributed by atoms with Crippen molar-refractivity contribution in [2.75, 3.05) is 14.2 Å². The molecule has 0 saturated carbocycles. The Labute approximate surface area is 161 Å². The Balaban J connectivity index is 1.55. The number of ether oxygens (including phenoxy) is 1. The highest BCUT2D eigenvalue weighted by molar-refractivity contribution is 5.87. The lowest BCUT2D eigenvalue weighted by Gasteiger charge is -2.32. The van der Waals surface area contributed by atoms with E-state index in [2.05, 4.69) is 65.9 Å². The molecule has 0 spiro atoms. The van der Waals surface area contributed by atoms with Gasteiger partial charge < -0.3 is 9.30 Å². The summed E-state index contributed by atoms with van der Waals surface area (Å²) >= 11 is 0. The van der Waals surface area contributed by atoms with Crippen LogP contribution in [0.4, 0.5) is 0 Å². The number of fused-ring (bicyclic) bond motifs is 6. The number of hydrogen-bond donors (Lipinski definition) is 0. The summed E-state index contributed by atoms with van der Waals surface area (Å²) in [5.41, 5.74) is 7.35. The molecular formula is C24H28N2O. The van der Waals surface area contributed by atoms with E-state index < -0.39 is 0 Å². The van der Waals surface area contributed by atoms with Crippen LogP contribution in [0.3, 0.4) is 0 Å². The van der Waals surface area contributed by atoms with Crippen LogP contribution in [-0.4, -0.2) is 29.7 Å². The largest absolute Gasteiger partial charge is 0.497 e. The Bertz CT molecular complexity index is 986. The van der Waals surface area contributed by atoms with Crippen LogP contribution in [0, 0.1) is 6.92 Å². The number of nitrogens with zero attached hydrogens (tertiary/aromatic N) is 2. The average Bonchev–Trinajstić information content (AvgIpc) is 3.10. The highest BCUT2D eigenvalue weighted by Gasteiger charge is 2.40. The van der Waals surface area contributed by atoms with Gasteiger partial charge in [-0.25, -0.2) is 0 Å². The maximum atomic E-state index is 5.29. The zero-order valence-electron chi connectivity index (χ0n) is 16.5. The van der Waals surface area contributed by atoms with Crippen LogP contribution in [0.25, 0.3) is 10.9 Å². The van der Waals surface area contributed by atoms with Crippen molar-refractivity contribution in [3.63, 3.8) is 0 Å². The third-order valence-electron chi connectivity index (χ3n) is 6.76. The Morgan fingerprint density at radius 1 is 1.07 bits per heavy atom. The van der Waals surface area contributed by atoms with E-state index in [-0.39, 0.29) is 0 Å². The molecule has 3 heteroatoms. The van der Waals surface area contributed by atoms with Crippen LogP contribution in [0.15, 0.2) is 42.5 Å². The first-order chi connectivity index (χ1) is 13.2. The average molecular weight is 361 g/mol. The van der Waals surface area contributed by atoms with Crippen LogP contribution < -0.4 is 4.74 Å². The van der Waals surface area contributed by atoms with Crippen LogP contribution in [0.2, 0.25) is 0 Å². The molecule has 0 N–H and O–H groups in total. The van der Waals surface area contributed by atoms with Crippen molar-refractivity contribution >= 4 is 10.9 Å². The summed E-state index contributed by atoms with van der Waals surface area (Å²) < 4.78 is 7.91. The molecule has 2 aromatic carbocycles. The maximum Gasteiger partial charge on any atom is 0.118 e. The quantitative estimate of drug-likeness (QED) is 0.659. The summed E-state index contributed by atoms with van der Waals surface area (Å²) in [6.07, 6.45) is 4.89. The zero-order chi connectivity index (χ0) is 18.5. The van der Waals surface area contributed by atoms with Gasteiger partial charge in [0.2, 0.25) is 0 Å². The third kappa shape index (κ3) is 2.68. The fraction of sp³-hybridized carbons (Fsp3) is 0.417. The molecule has 3 nitrogen and oxygen atoms in total. The van der Waals surface area contributed by atoms with Crippen molar-refractivity contribution in [1.29, 1.82) is 0 Å². The van der Waals surface area contributed by atoms with Gasteiger partial charge in [-0.1, -0.05) is 23.8 Å². The minimum Gasteiger partial charge on any atom is -0.497 e. The lowest BCUT2D eigenvalue weighted by molar-refractivity contribution is 0.222. The SMILES string of the molecule is COc1ccc(CCn2c3c(c4cc(C)ccc42)C2CCC(C3)N2C)cc1. The lowest BCUT2D eigenvalue weighted by atomic mass is 9.97. The second-order valence-corrected chi connectivity index (χ2v) is 8.25. The van der Waals surface area contributed by atoms with E-state index in [4.69, 9.17) is 4.74 Å². The molecular weight excluding hydrogens is 332 g/mol. The molecule has 0 amide bonds. The molecule has 1 saturated heterocycles. The van der Waals surface area contributed by atoms with Gasteiger partial charge >= 0.3 is 0 Å². The molecule has 2 aliphatic heterocycles. The van der Waals surface area contributed by atoms with Crippen molar-refractivity contribution in [1.82, 2.24) is 9.47 Å². The lowest BCUT2D eigenvalue weighted by Crippen LogP contribution is -2.34. The summed E-state index contributed by atoms with van der Waals surface area (Å²) in [5.74, 6) is 0.928. The Kier molecular flexibility index (Phi) is 4.01. The Hall–Kier alpha value is -2.26. The van der Waals surface area contributed by atoms with E-state index >= 15 is 0 Å². The maximum absolute atomic E-state index is 5.29. The summed E-state index contributed by atoms with van der Waals surface area (Å²) in [7, 11) is 4.04. The number of methoxy groups -OCH3 is 1. The van der Waals surface area contributed by atoms with Gasteiger partial charge in [-0.15, -0.1) is 0 Å². The normalized spacial score (nSPS) is 21.6. The fourth-order valence-corrected chi connectivity index (χ4v) is 5.26. The van der Waals surface area contributed by atoms with Gasteiger partial charge in [0, 0.05) is 41.6 Å². The van der Waals surface area contributed by atoms with Crippen molar-refractivity contribution < 1.29 is 4.74 Å². The number of likely N-dealkylation sites (N-methyl/N-ethyl adjacent to an activating group) is 1. The smallest absolute Gasteiger partial charge is 0.118 e. The molecule has 2 atom stereocenters. The number of benzene rings is 2. The van der Waals surface area contributed by atoms with Gasteiger partial charge in [-0.3, -0.25) is 4.90 Å². The molecule has 2 aliphatic rings. The number of aryl methyl sites for hydroxylation is 3. The molecule has 0 radical (unpaired) electrons. The molecule has 0 aliphatic carbocycles. The zero-order valence-corrected chi connectivity index (χ0v) is 16.5. The second-order valence-electron chi connectivity index (χ2n) is 8.25. The molecule has 1 aromatic heterocycles. The van der Waals surface area contributed by atoms with Gasteiger partial charge in [-0.2, -0.15) is 0 Å². The molecule has 2 unspecified atom stereocenters. The Morgan fingerprint density at radius 3 is 2.67 bits per heavy atom. The number of rotatable bonds is 4. The van der Waals surface area contributed by atoms with E-state index in [0.29, 0.717) is 12.1 Å². The molecule has 5 rings (SSSR count). The van der Waals surface area contributed by atoms with Crippen LogP contribution in [0.1, 0.15) is 41.3 Å². The molecule has 1 fully saturated rings. The molecule has 3 aromatic rings. The number of aromatic nitrogens is 1. The predicted molar refractivity (Wildman–Crippen MR) is 111 cm³/mol. The van der Waals surface area contributed by atoms with E-state index in [0.717, 1.165) is 18.7 Å². The minimum absolute atomic E-state index is 0.602. The molecule has 140 valence electrons. The van der Waals surface area contributed by atoms with Crippen molar-refractivity contribution in [3.05, 3.63) is 64.8 Å².